The highest BCUT2D eigenvalue weighted by Gasteiger charge is 2.18. The van der Waals surface area contributed by atoms with E-state index in [1.807, 2.05) is 30.3 Å². The van der Waals surface area contributed by atoms with Crippen LogP contribution < -0.4 is 0 Å². The molecule has 24 heavy (non-hydrogen) atoms. The van der Waals surface area contributed by atoms with E-state index >= 15 is 0 Å². The molecule has 0 fully saturated rings. The molecule has 1 atom stereocenters. The van der Waals surface area contributed by atoms with E-state index in [1.54, 1.807) is 37.9 Å². The Hall–Kier alpha value is -2.27. The first-order chi connectivity index (χ1) is 11.5. The average molecular weight is 343 g/mol. The maximum absolute atomic E-state index is 12.3. The summed E-state index contributed by atoms with van der Waals surface area (Å²) in [7, 11) is 1.63. The van der Waals surface area contributed by atoms with Gasteiger partial charge in [0.25, 0.3) is 5.91 Å². The highest BCUT2D eigenvalue weighted by atomic mass is 32.2. The van der Waals surface area contributed by atoms with Crippen LogP contribution in [0, 0.1) is 5.92 Å². The van der Waals surface area contributed by atoms with Crippen LogP contribution in [-0.4, -0.2) is 35.5 Å². The number of thioether (sulfide) groups is 1. The topological polar surface area (TPSA) is 57.6 Å². The summed E-state index contributed by atoms with van der Waals surface area (Å²) in [5.41, 5.74) is 1.71. The summed E-state index contributed by atoms with van der Waals surface area (Å²) in [5.74, 6) is -0.807. The van der Waals surface area contributed by atoms with Gasteiger partial charge in [0.05, 0.1) is 5.92 Å². The van der Waals surface area contributed by atoms with Gasteiger partial charge in [0.15, 0.2) is 0 Å². The predicted molar refractivity (Wildman–Crippen MR) is 96.2 cm³/mol. The molecule has 0 saturated heterocycles. The van der Waals surface area contributed by atoms with Crippen LogP contribution in [0.2, 0.25) is 0 Å². The van der Waals surface area contributed by atoms with Crippen LogP contribution in [0.4, 0.5) is 0 Å². The highest BCUT2D eigenvalue weighted by Crippen LogP contribution is 2.22. The Morgan fingerprint density at radius 3 is 2.29 bits per heavy atom. The van der Waals surface area contributed by atoms with Crippen LogP contribution in [0.25, 0.3) is 0 Å². The maximum Gasteiger partial charge on any atom is 0.308 e. The number of benzene rings is 2. The molecule has 0 aliphatic heterocycles. The fourth-order valence-electron chi connectivity index (χ4n) is 2.22. The van der Waals surface area contributed by atoms with Crippen LogP contribution >= 0.6 is 11.8 Å². The van der Waals surface area contributed by atoms with Crippen molar-refractivity contribution < 1.29 is 14.7 Å². The molecule has 5 heteroatoms. The largest absolute Gasteiger partial charge is 0.481 e. The van der Waals surface area contributed by atoms with Gasteiger partial charge in [-0.15, -0.1) is 11.8 Å². The molecule has 2 aromatic rings. The van der Waals surface area contributed by atoms with Crippen molar-refractivity contribution >= 4 is 23.6 Å². The Labute approximate surface area is 146 Å². The number of amides is 1. The summed E-state index contributed by atoms with van der Waals surface area (Å²) in [6.07, 6.45) is 0. The third kappa shape index (κ3) is 5.13. The first kappa shape index (κ1) is 18.1. The summed E-state index contributed by atoms with van der Waals surface area (Å²) in [5, 5.41) is 8.93. The molecule has 4 nitrogen and oxygen atoms in total. The number of nitrogens with zero attached hydrogens (tertiary/aromatic N) is 1. The van der Waals surface area contributed by atoms with Gasteiger partial charge < -0.3 is 10.0 Å². The van der Waals surface area contributed by atoms with Crippen LogP contribution in [-0.2, 0) is 10.5 Å². The Balaban J connectivity index is 1.93. The van der Waals surface area contributed by atoms with E-state index < -0.39 is 11.9 Å². The summed E-state index contributed by atoms with van der Waals surface area (Å²) < 4.78 is 0. The Morgan fingerprint density at radius 2 is 1.71 bits per heavy atom. The van der Waals surface area contributed by atoms with Crippen LogP contribution in [0.15, 0.2) is 59.5 Å². The molecule has 2 rings (SSSR count). The lowest BCUT2D eigenvalue weighted by molar-refractivity contribution is -0.141. The number of carboxylic acid groups (broad SMARTS) is 1. The fraction of sp³-hybridized carbons (Fsp3) is 0.263. The highest BCUT2D eigenvalue weighted by molar-refractivity contribution is 7.98. The number of hydrogen-bond donors (Lipinski definition) is 1. The van der Waals surface area contributed by atoms with Crippen molar-refractivity contribution in [2.75, 3.05) is 13.6 Å². The molecule has 1 N–H and O–H groups in total. The van der Waals surface area contributed by atoms with E-state index in [0.717, 1.165) is 11.3 Å². The zero-order valence-corrected chi connectivity index (χ0v) is 14.6. The summed E-state index contributed by atoms with van der Waals surface area (Å²) >= 11 is 1.75. The number of carbonyl (C=O) groups is 2. The van der Waals surface area contributed by atoms with E-state index in [4.69, 9.17) is 5.11 Å². The van der Waals surface area contributed by atoms with Gasteiger partial charge in [0.1, 0.15) is 0 Å². The molecular weight excluding hydrogens is 322 g/mol. The summed E-state index contributed by atoms with van der Waals surface area (Å²) in [6.45, 7) is 1.79. The molecule has 0 aliphatic rings. The minimum Gasteiger partial charge on any atom is -0.481 e. The van der Waals surface area contributed by atoms with Gasteiger partial charge in [-0.1, -0.05) is 37.3 Å². The Kier molecular flexibility index (Phi) is 6.44. The quantitative estimate of drug-likeness (QED) is 0.778. The molecule has 0 aliphatic carbocycles. The molecule has 0 heterocycles. The van der Waals surface area contributed by atoms with Gasteiger partial charge in [-0.25, -0.2) is 0 Å². The van der Waals surface area contributed by atoms with E-state index in [-0.39, 0.29) is 12.5 Å². The average Bonchev–Trinajstić information content (AvgIpc) is 2.60. The van der Waals surface area contributed by atoms with Crippen molar-refractivity contribution in [3.05, 3.63) is 65.7 Å². The minimum absolute atomic E-state index is 0.162. The van der Waals surface area contributed by atoms with Gasteiger partial charge in [-0.2, -0.15) is 0 Å². The Morgan fingerprint density at radius 1 is 1.08 bits per heavy atom. The second-order valence-electron chi connectivity index (χ2n) is 5.72. The SMILES string of the molecule is CC(CN(C)C(=O)c1ccc(CSc2ccccc2)cc1)C(=O)O. The summed E-state index contributed by atoms with van der Waals surface area (Å²) in [6, 6.07) is 17.6. The second-order valence-corrected chi connectivity index (χ2v) is 6.77. The maximum atomic E-state index is 12.3. The zero-order valence-electron chi connectivity index (χ0n) is 13.8. The lowest BCUT2D eigenvalue weighted by Crippen LogP contribution is -2.33. The third-order valence-electron chi connectivity index (χ3n) is 3.67. The monoisotopic (exact) mass is 343 g/mol. The molecule has 126 valence electrons. The van der Waals surface area contributed by atoms with Crippen LogP contribution in [0.5, 0.6) is 0 Å². The van der Waals surface area contributed by atoms with Gasteiger partial charge >= 0.3 is 5.97 Å². The lowest BCUT2D eigenvalue weighted by atomic mass is 10.1. The van der Waals surface area contributed by atoms with Gasteiger partial charge in [0, 0.05) is 29.8 Å². The minimum atomic E-state index is -0.900. The first-order valence-electron chi connectivity index (χ1n) is 7.72. The zero-order chi connectivity index (χ0) is 17.5. The Bertz CT molecular complexity index is 686. The first-order valence-corrected chi connectivity index (χ1v) is 8.71. The van der Waals surface area contributed by atoms with Crippen molar-refractivity contribution in [2.45, 2.75) is 17.6 Å². The summed E-state index contributed by atoms with van der Waals surface area (Å²) in [4.78, 5) is 25.9. The van der Waals surface area contributed by atoms with Gasteiger partial charge in [-0.05, 0) is 29.8 Å². The van der Waals surface area contributed by atoms with Crippen LogP contribution in [0.3, 0.4) is 0 Å². The van der Waals surface area contributed by atoms with Crippen molar-refractivity contribution in [2.24, 2.45) is 5.92 Å². The van der Waals surface area contributed by atoms with Crippen molar-refractivity contribution in [1.29, 1.82) is 0 Å². The number of carbonyl (C=O) groups excluding carboxylic acids is 1. The number of aliphatic carboxylic acids is 1. The molecular formula is C19H21NO3S. The molecule has 2 aromatic carbocycles. The molecule has 1 unspecified atom stereocenters. The standard InChI is InChI=1S/C19H21NO3S/c1-14(19(22)23)12-20(2)18(21)16-10-8-15(9-11-16)13-24-17-6-4-3-5-7-17/h3-11,14H,12-13H2,1-2H3,(H,22,23). The molecule has 0 spiro atoms. The molecule has 0 aromatic heterocycles. The van der Waals surface area contributed by atoms with Crippen molar-refractivity contribution in [3.63, 3.8) is 0 Å². The van der Waals surface area contributed by atoms with Gasteiger partial charge in [0.2, 0.25) is 0 Å². The van der Waals surface area contributed by atoms with E-state index in [2.05, 4.69) is 12.1 Å². The van der Waals surface area contributed by atoms with Crippen molar-refractivity contribution in [1.82, 2.24) is 4.90 Å². The van der Waals surface area contributed by atoms with Crippen molar-refractivity contribution in [3.8, 4) is 0 Å². The number of hydrogen-bond acceptors (Lipinski definition) is 3. The second kappa shape index (κ2) is 8.55. The number of carboxylic acids is 1. The lowest BCUT2D eigenvalue weighted by Gasteiger charge is -2.19. The molecule has 0 bridgehead atoms. The number of rotatable bonds is 7. The molecule has 0 radical (unpaired) electrons. The third-order valence-corrected chi connectivity index (χ3v) is 4.75. The fourth-order valence-corrected chi connectivity index (χ4v) is 3.09. The smallest absolute Gasteiger partial charge is 0.308 e. The van der Waals surface area contributed by atoms with Gasteiger partial charge in [-0.3, -0.25) is 9.59 Å². The molecule has 0 saturated carbocycles. The predicted octanol–water partition coefficient (Wildman–Crippen LogP) is 3.77. The van der Waals surface area contributed by atoms with E-state index in [0.29, 0.717) is 5.56 Å². The van der Waals surface area contributed by atoms with E-state index in [9.17, 15) is 9.59 Å². The van der Waals surface area contributed by atoms with E-state index in [1.165, 1.54) is 9.80 Å². The molecule has 1 amide bonds. The normalized spacial score (nSPS) is 11.8. The van der Waals surface area contributed by atoms with Crippen LogP contribution in [0.1, 0.15) is 22.8 Å².